The second-order valence-corrected chi connectivity index (χ2v) is 8.48. The molecular formula is C23H21F7N2O5. The number of rotatable bonds is 6. The first kappa shape index (κ1) is 28.2. The van der Waals surface area contributed by atoms with Crippen LogP contribution in [0.25, 0.3) is 0 Å². The maximum absolute atomic E-state index is 14.5. The molecule has 37 heavy (non-hydrogen) atoms. The van der Waals surface area contributed by atoms with Crippen LogP contribution in [0.2, 0.25) is 0 Å². The second kappa shape index (κ2) is 10.1. The highest BCUT2D eigenvalue weighted by molar-refractivity contribution is 5.97. The van der Waals surface area contributed by atoms with E-state index in [9.17, 15) is 40.3 Å². The molecule has 1 aromatic heterocycles. The van der Waals surface area contributed by atoms with Crippen LogP contribution in [0.15, 0.2) is 24.4 Å². The number of nitrogens with zero attached hydrogens (tertiary/aromatic N) is 1. The number of anilines is 1. The van der Waals surface area contributed by atoms with Gasteiger partial charge in [0.25, 0.3) is 5.91 Å². The van der Waals surface area contributed by atoms with E-state index in [4.69, 9.17) is 4.74 Å². The molecule has 1 aliphatic rings. The summed E-state index contributed by atoms with van der Waals surface area (Å²) in [5.74, 6) is -10.2. The molecule has 1 fully saturated rings. The number of aryl methyl sites for hydroxylation is 1. The molecule has 1 aromatic carbocycles. The number of carbonyl (C=O) groups is 2. The van der Waals surface area contributed by atoms with Crippen molar-refractivity contribution >= 4 is 17.6 Å². The number of ether oxygens (including phenoxy) is 3. The van der Waals surface area contributed by atoms with E-state index in [0.717, 1.165) is 26.2 Å². The molecule has 4 atom stereocenters. The van der Waals surface area contributed by atoms with Crippen molar-refractivity contribution in [2.75, 3.05) is 12.4 Å². The lowest BCUT2D eigenvalue weighted by Gasteiger charge is -2.32. The third-order valence-electron chi connectivity index (χ3n) is 6.33. The smallest absolute Gasteiger partial charge is 0.417 e. The Morgan fingerprint density at radius 2 is 1.86 bits per heavy atom. The SMILES string of the molecule is COC(=O)c1cc(NC(=O)C2OC(C)(C(F)(F)F)C(C)C2c2ccc(F)c(F)c2OC(F)F)c(C)cn1. The zero-order valence-corrected chi connectivity index (χ0v) is 19.8. The number of halogens is 7. The number of nitrogens with one attached hydrogen (secondary N) is 1. The number of alkyl halides is 5. The van der Waals surface area contributed by atoms with Gasteiger partial charge in [0.1, 0.15) is 11.8 Å². The van der Waals surface area contributed by atoms with Gasteiger partial charge in [-0.15, -0.1) is 0 Å². The van der Waals surface area contributed by atoms with Crippen molar-refractivity contribution in [2.24, 2.45) is 5.92 Å². The van der Waals surface area contributed by atoms with Crippen molar-refractivity contribution in [3.63, 3.8) is 0 Å². The van der Waals surface area contributed by atoms with Crippen molar-refractivity contribution in [1.29, 1.82) is 0 Å². The van der Waals surface area contributed by atoms with Gasteiger partial charge in [-0.25, -0.2) is 14.2 Å². The van der Waals surface area contributed by atoms with Crippen molar-refractivity contribution in [1.82, 2.24) is 4.98 Å². The van der Waals surface area contributed by atoms with E-state index in [-0.39, 0.29) is 11.4 Å². The minimum Gasteiger partial charge on any atom is -0.464 e. The van der Waals surface area contributed by atoms with Gasteiger partial charge in [-0.3, -0.25) is 4.79 Å². The highest BCUT2D eigenvalue weighted by Gasteiger charge is 2.66. The molecule has 1 N–H and O–H groups in total. The number of pyridine rings is 1. The average molecular weight is 538 g/mol. The quantitative estimate of drug-likeness (QED) is 0.405. The number of amides is 1. The maximum atomic E-state index is 14.5. The lowest BCUT2D eigenvalue weighted by Crippen LogP contribution is -2.47. The summed E-state index contributed by atoms with van der Waals surface area (Å²) in [5, 5.41) is 2.33. The largest absolute Gasteiger partial charge is 0.464 e. The molecule has 0 spiro atoms. The summed E-state index contributed by atoms with van der Waals surface area (Å²) in [6.45, 7) is -0.488. The molecule has 3 rings (SSSR count). The molecule has 0 aliphatic carbocycles. The second-order valence-electron chi connectivity index (χ2n) is 8.48. The number of carbonyl (C=O) groups excluding carboxylic acids is 2. The number of benzene rings is 1. The van der Waals surface area contributed by atoms with E-state index in [2.05, 4.69) is 19.8 Å². The summed E-state index contributed by atoms with van der Waals surface area (Å²) < 4.78 is 110. The van der Waals surface area contributed by atoms with E-state index < -0.39 is 71.2 Å². The normalized spacial score (nSPS) is 23.7. The zero-order valence-electron chi connectivity index (χ0n) is 19.8. The lowest BCUT2D eigenvalue weighted by atomic mass is 9.77. The molecule has 14 heteroatoms. The van der Waals surface area contributed by atoms with E-state index >= 15 is 0 Å². The van der Waals surface area contributed by atoms with E-state index in [0.29, 0.717) is 18.6 Å². The van der Waals surface area contributed by atoms with Crippen LogP contribution in [0.5, 0.6) is 5.75 Å². The summed E-state index contributed by atoms with van der Waals surface area (Å²) in [6, 6.07) is 2.39. The van der Waals surface area contributed by atoms with Gasteiger partial charge in [-0.1, -0.05) is 13.0 Å². The molecule has 1 aliphatic heterocycles. The fourth-order valence-corrected chi connectivity index (χ4v) is 4.12. The van der Waals surface area contributed by atoms with Gasteiger partial charge < -0.3 is 19.5 Å². The minimum atomic E-state index is -5.05. The zero-order chi connectivity index (χ0) is 27.9. The Hall–Kier alpha value is -3.42. The van der Waals surface area contributed by atoms with Gasteiger partial charge in [-0.2, -0.15) is 26.3 Å². The van der Waals surface area contributed by atoms with Gasteiger partial charge in [-0.05, 0) is 31.5 Å². The Morgan fingerprint density at radius 3 is 2.43 bits per heavy atom. The number of aromatic nitrogens is 1. The van der Waals surface area contributed by atoms with Crippen molar-refractivity contribution in [2.45, 2.75) is 51.2 Å². The van der Waals surface area contributed by atoms with E-state index in [1.807, 2.05) is 0 Å². The summed E-state index contributed by atoms with van der Waals surface area (Å²) >= 11 is 0. The van der Waals surface area contributed by atoms with Crippen LogP contribution >= 0.6 is 0 Å². The van der Waals surface area contributed by atoms with Gasteiger partial charge >= 0.3 is 18.8 Å². The van der Waals surface area contributed by atoms with Gasteiger partial charge in [0.15, 0.2) is 17.2 Å². The fourth-order valence-electron chi connectivity index (χ4n) is 4.12. The highest BCUT2D eigenvalue weighted by atomic mass is 19.4. The van der Waals surface area contributed by atoms with Crippen LogP contribution in [0.3, 0.4) is 0 Å². The predicted molar refractivity (Wildman–Crippen MR) is 113 cm³/mol. The summed E-state index contributed by atoms with van der Waals surface area (Å²) in [6.07, 6.45) is -5.88. The summed E-state index contributed by atoms with van der Waals surface area (Å²) in [4.78, 5) is 28.9. The average Bonchev–Trinajstić information content (AvgIpc) is 3.09. The summed E-state index contributed by atoms with van der Waals surface area (Å²) in [5.41, 5.74) is -3.57. The Kier molecular flexibility index (Phi) is 7.72. The first-order chi connectivity index (χ1) is 17.1. The predicted octanol–water partition coefficient (Wildman–Crippen LogP) is 5.13. The number of esters is 1. The monoisotopic (exact) mass is 538 g/mol. The number of hydrogen-bond acceptors (Lipinski definition) is 6. The van der Waals surface area contributed by atoms with Crippen LogP contribution in [-0.4, -0.2) is 48.5 Å². The van der Waals surface area contributed by atoms with Gasteiger partial charge in [0.05, 0.1) is 7.11 Å². The highest BCUT2D eigenvalue weighted by Crippen LogP contribution is 2.55. The van der Waals surface area contributed by atoms with E-state index in [1.165, 1.54) is 13.1 Å². The van der Waals surface area contributed by atoms with Gasteiger partial charge in [0, 0.05) is 29.3 Å². The van der Waals surface area contributed by atoms with Crippen LogP contribution in [-0.2, 0) is 14.3 Å². The summed E-state index contributed by atoms with van der Waals surface area (Å²) in [7, 11) is 1.08. The van der Waals surface area contributed by atoms with Crippen molar-refractivity contribution < 1.29 is 54.5 Å². The third kappa shape index (κ3) is 5.20. The minimum absolute atomic E-state index is 0.0367. The Balaban J connectivity index is 2.12. The molecule has 4 unspecified atom stereocenters. The standard InChI is InChI=1S/C23H21F7N2O5/c1-9-8-31-14(20(34)35-4)7-13(9)32-19(33)18-15(10(2)22(3,37-18)23(28,29)30)11-5-6-12(24)16(25)17(11)36-21(26)27/h5-8,10,15,18,21H,1-4H3,(H,31,32,33). The first-order valence-corrected chi connectivity index (χ1v) is 10.7. The number of hydrogen-bond donors (Lipinski definition) is 1. The molecule has 0 radical (unpaired) electrons. The molecule has 0 bridgehead atoms. The van der Waals surface area contributed by atoms with Crippen LogP contribution in [0.4, 0.5) is 36.4 Å². The first-order valence-electron chi connectivity index (χ1n) is 10.7. The topological polar surface area (TPSA) is 86.8 Å². The van der Waals surface area contributed by atoms with Crippen molar-refractivity contribution in [3.05, 3.63) is 52.9 Å². The van der Waals surface area contributed by atoms with Crippen LogP contribution < -0.4 is 10.1 Å². The Morgan fingerprint density at radius 1 is 1.22 bits per heavy atom. The molecule has 7 nitrogen and oxygen atoms in total. The molecule has 1 saturated heterocycles. The molecule has 2 aromatic rings. The number of methoxy groups -OCH3 is 1. The molecule has 1 amide bonds. The van der Waals surface area contributed by atoms with E-state index in [1.54, 1.807) is 0 Å². The fraction of sp³-hybridized carbons (Fsp3) is 0.435. The van der Waals surface area contributed by atoms with Crippen molar-refractivity contribution in [3.8, 4) is 5.75 Å². The lowest BCUT2D eigenvalue weighted by molar-refractivity contribution is -0.272. The van der Waals surface area contributed by atoms with Gasteiger partial charge in [0.2, 0.25) is 5.82 Å². The van der Waals surface area contributed by atoms with Crippen LogP contribution in [0.1, 0.15) is 41.4 Å². The maximum Gasteiger partial charge on any atom is 0.417 e. The Bertz CT molecular complexity index is 1210. The molecule has 2 heterocycles. The Labute approximate surface area is 205 Å². The third-order valence-corrected chi connectivity index (χ3v) is 6.33. The molecular weight excluding hydrogens is 517 g/mol. The molecule has 0 saturated carbocycles. The molecule has 202 valence electrons. The van der Waals surface area contributed by atoms with Crippen LogP contribution in [0, 0.1) is 24.5 Å².